The first-order valence-electron chi connectivity index (χ1n) is 4.85. The molecule has 7 heteroatoms. The maximum absolute atomic E-state index is 12.4. The summed E-state index contributed by atoms with van der Waals surface area (Å²) in [5, 5.41) is 2.99. The van der Waals surface area contributed by atoms with Crippen molar-refractivity contribution in [2.45, 2.75) is 19.2 Å². The molecule has 0 bridgehead atoms. The standard InChI is InChI=1S/C9H11F3N2O2/c1-5-7(9(10,11)12)16-8(14-5)6-4-13-2-3-15-6/h6,13H,2-4H2,1H3. The summed E-state index contributed by atoms with van der Waals surface area (Å²) in [6.07, 6.45) is -5.04. The number of morpholine rings is 1. The normalized spacial score (nSPS) is 22.4. The Hall–Kier alpha value is -1.08. The first-order chi connectivity index (χ1) is 7.48. The van der Waals surface area contributed by atoms with Crippen LogP contribution in [0, 0.1) is 6.92 Å². The number of oxazole rings is 1. The summed E-state index contributed by atoms with van der Waals surface area (Å²) < 4.78 is 47.3. The van der Waals surface area contributed by atoms with Crippen molar-refractivity contribution in [3.63, 3.8) is 0 Å². The predicted octanol–water partition coefficient (Wildman–Crippen LogP) is 1.66. The Morgan fingerprint density at radius 1 is 1.44 bits per heavy atom. The van der Waals surface area contributed by atoms with Gasteiger partial charge in [-0.3, -0.25) is 0 Å². The number of hydrogen-bond acceptors (Lipinski definition) is 4. The molecule has 4 nitrogen and oxygen atoms in total. The van der Waals surface area contributed by atoms with Crippen molar-refractivity contribution in [2.75, 3.05) is 19.7 Å². The van der Waals surface area contributed by atoms with Crippen LogP contribution in [-0.4, -0.2) is 24.7 Å². The summed E-state index contributed by atoms with van der Waals surface area (Å²) in [5.74, 6) is -1.06. The molecule has 16 heavy (non-hydrogen) atoms. The molecule has 1 aromatic rings. The van der Waals surface area contributed by atoms with Gasteiger partial charge in [0.25, 0.3) is 0 Å². The van der Waals surface area contributed by atoms with Gasteiger partial charge in [0.05, 0.1) is 12.3 Å². The molecule has 90 valence electrons. The fraction of sp³-hybridized carbons (Fsp3) is 0.667. The second-order valence-electron chi connectivity index (χ2n) is 3.53. The van der Waals surface area contributed by atoms with E-state index in [2.05, 4.69) is 10.3 Å². The van der Waals surface area contributed by atoms with Crippen LogP contribution in [0.15, 0.2) is 4.42 Å². The minimum Gasteiger partial charge on any atom is -0.433 e. The number of alkyl halides is 3. The molecule has 1 saturated heterocycles. The van der Waals surface area contributed by atoms with Gasteiger partial charge in [-0.1, -0.05) is 0 Å². The van der Waals surface area contributed by atoms with Crippen molar-refractivity contribution in [1.82, 2.24) is 10.3 Å². The molecule has 1 N–H and O–H groups in total. The highest BCUT2D eigenvalue weighted by Crippen LogP contribution is 2.34. The summed E-state index contributed by atoms with van der Waals surface area (Å²) >= 11 is 0. The molecule has 1 fully saturated rings. The Morgan fingerprint density at radius 2 is 2.19 bits per heavy atom. The summed E-state index contributed by atoms with van der Waals surface area (Å²) in [6, 6.07) is 0. The van der Waals surface area contributed by atoms with E-state index < -0.39 is 18.0 Å². The average molecular weight is 236 g/mol. The second kappa shape index (κ2) is 4.06. The van der Waals surface area contributed by atoms with Gasteiger partial charge in [-0.15, -0.1) is 0 Å². The van der Waals surface area contributed by atoms with Crippen molar-refractivity contribution < 1.29 is 22.3 Å². The number of aryl methyl sites for hydroxylation is 1. The number of ether oxygens (including phenoxy) is 1. The lowest BCUT2D eigenvalue weighted by Gasteiger charge is -2.20. The van der Waals surface area contributed by atoms with Gasteiger partial charge in [0, 0.05) is 13.1 Å². The lowest BCUT2D eigenvalue weighted by molar-refractivity contribution is -0.154. The largest absolute Gasteiger partial charge is 0.451 e. The molecule has 0 aromatic carbocycles. The third-order valence-corrected chi connectivity index (χ3v) is 2.27. The molecule has 1 unspecified atom stereocenters. The van der Waals surface area contributed by atoms with Gasteiger partial charge in [-0.05, 0) is 6.92 Å². The Kier molecular flexibility index (Phi) is 2.90. The topological polar surface area (TPSA) is 47.3 Å². The van der Waals surface area contributed by atoms with E-state index in [1.807, 2.05) is 0 Å². The molecular formula is C9H11F3N2O2. The van der Waals surface area contributed by atoms with E-state index in [0.717, 1.165) is 0 Å². The summed E-state index contributed by atoms with van der Waals surface area (Å²) in [4.78, 5) is 3.75. The van der Waals surface area contributed by atoms with Gasteiger partial charge in [-0.2, -0.15) is 13.2 Å². The van der Waals surface area contributed by atoms with E-state index in [4.69, 9.17) is 9.15 Å². The fourth-order valence-electron chi connectivity index (χ4n) is 1.54. The van der Waals surface area contributed by atoms with Crippen LogP contribution in [0.25, 0.3) is 0 Å². The van der Waals surface area contributed by atoms with Crippen molar-refractivity contribution in [2.24, 2.45) is 0 Å². The monoisotopic (exact) mass is 236 g/mol. The molecule has 0 spiro atoms. The van der Waals surface area contributed by atoms with E-state index in [1.54, 1.807) is 0 Å². The molecule has 0 radical (unpaired) electrons. The Morgan fingerprint density at radius 3 is 2.69 bits per heavy atom. The highest BCUT2D eigenvalue weighted by molar-refractivity contribution is 5.12. The SMILES string of the molecule is Cc1nc(C2CNCCO2)oc1C(F)(F)F. The van der Waals surface area contributed by atoms with E-state index in [1.165, 1.54) is 6.92 Å². The number of nitrogens with zero attached hydrogens (tertiary/aromatic N) is 1. The van der Waals surface area contributed by atoms with Gasteiger partial charge in [-0.25, -0.2) is 4.98 Å². The molecule has 1 aliphatic rings. The number of hydrogen-bond donors (Lipinski definition) is 1. The van der Waals surface area contributed by atoms with Gasteiger partial charge in [0.2, 0.25) is 11.7 Å². The minimum atomic E-state index is -4.50. The van der Waals surface area contributed by atoms with Crippen LogP contribution in [0.3, 0.4) is 0 Å². The molecule has 0 aliphatic carbocycles. The Balaban J connectivity index is 2.23. The molecule has 0 amide bonds. The van der Waals surface area contributed by atoms with Crippen molar-refractivity contribution in [3.05, 3.63) is 17.3 Å². The maximum atomic E-state index is 12.4. The van der Waals surface area contributed by atoms with Crippen molar-refractivity contribution in [1.29, 1.82) is 0 Å². The first kappa shape index (κ1) is 11.4. The van der Waals surface area contributed by atoms with Crippen LogP contribution in [0.1, 0.15) is 23.4 Å². The van der Waals surface area contributed by atoms with Crippen LogP contribution >= 0.6 is 0 Å². The van der Waals surface area contributed by atoms with Gasteiger partial charge >= 0.3 is 6.18 Å². The summed E-state index contributed by atoms with van der Waals surface area (Å²) in [7, 11) is 0. The fourth-order valence-corrected chi connectivity index (χ4v) is 1.54. The van der Waals surface area contributed by atoms with E-state index in [0.29, 0.717) is 19.7 Å². The lowest BCUT2D eigenvalue weighted by Crippen LogP contribution is -2.33. The van der Waals surface area contributed by atoms with E-state index >= 15 is 0 Å². The van der Waals surface area contributed by atoms with E-state index in [-0.39, 0.29) is 11.6 Å². The molecule has 1 aromatic heterocycles. The quantitative estimate of drug-likeness (QED) is 0.805. The summed E-state index contributed by atoms with van der Waals surface area (Å²) in [5.41, 5.74) is -0.156. The maximum Gasteiger partial charge on any atom is 0.451 e. The zero-order valence-electron chi connectivity index (χ0n) is 8.60. The van der Waals surface area contributed by atoms with Crippen LogP contribution in [0.4, 0.5) is 13.2 Å². The van der Waals surface area contributed by atoms with Gasteiger partial charge in [0.15, 0.2) is 0 Å². The van der Waals surface area contributed by atoms with Crippen LogP contribution < -0.4 is 5.32 Å². The molecule has 1 aliphatic heterocycles. The highest BCUT2D eigenvalue weighted by Gasteiger charge is 2.39. The molecule has 2 rings (SSSR count). The predicted molar refractivity (Wildman–Crippen MR) is 47.8 cm³/mol. The Bertz CT molecular complexity index is 369. The zero-order chi connectivity index (χ0) is 11.8. The van der Waals surface area contributed by atoms with E-state index in [9.17, 15) is 13.2 Å². The Labute approximate surface area is 89.8 Å². The van der Waals surface area contributed by atoms with Crippen LogP contribution in [-0.2, 0) is 10.9 Å². The zero-order valence-corrected chi connectivity index (χ0v) is 8.60. The summed E-state index contributed by atoms with van der Waals surface area (Å²) in [6.45, 7) is 2.80. The molecule has 0 saturated carbocycles. The third-order valence-electron chi connectivity index (χ3n) is 2.27. The van der Waals surface area contributed by atoms with Crippen LogP contribution in [0.2, 0.25) is 0 Å². The molecular weight excluding hydrogens is 225 g/mol. The van der Waals surface area contributed by atoms with Crippen molar-refractivity contribution >= 4 is 0 Å². The number of nitrogens with one attached hydrogen (secondary N) is 1. The van der Waals surface area contributed by atoms with Crippen molar-refractivity contribution in [3.8, 4) is 0 Å². The molecule has 2 heterocycles. The molecule has 1 atom stereocenters. The van der Waals surface area contributed by atoms with Gasteiger partial charge in [0.1, 0.15) is 6.10 Å². The third kappa shape index (κ3) is 2.19. The van der Waals surface area contributed by atoms with Crippen LogP contribution in [0.5, 0.6) is 0 Å². The smallest absolute Gasteiger partial charge is 0.433 e. The highest BCUT2D eigenvalue weighted by atomic mass is 19.4. The number of rotatable bonds is 1. The number of halogens is 3. The first-order valence-corrected chi connectivity index (χ1v) is 4.85. The average Bonchev–Trinajstić information content (AvgIpc) is 2.61. The van der Waals surface area contributed by atoms with Gasteiger partial charge < -0.3 is 14.5 Å². The minimum absolute atomic E-state index is 0.0166. The lowest BCUT2D eigenvalue weighted by atomic mass is 10.3. The second-order valence-corrected chi connectivity index (χ2v) is 3.53. The number of aromatic nitrogens is 1.